The Kier molecular flexibility index (Phi) is 5.04. The van der Waals surface area contributed by atoms with Crippen molar-refractivity contribution in [3.05, 3.63) is 52.3 Å². The molecule has 0 aliphatic rings. The standard InChI is InChI=1S/C16H23ClN4/c1-11(13-6-5-7-14(17)8-13)20(3)16(9-18)15-10-19-21(4)12(15)2/h5-8,10-11,16H,9,18H2,1-4H3. The Hall–Kier alpha value is -1.36. The first-order valence-corrected chi connectivity index (χ1v) is 7.49. The first kappa shape index (κ1) is 16.0. The van der Waals surface area contributed by atoms with E-state index in [2.05, 4.69) is 37.0 Å². The van der Waals surface area contributed by atoms with Crippen LogP contribution in [0.3, 0.4) is 0 Å². The summed E-state index contributed by atoms with van der Waals surface area (Å²) < 4.78 is 1.88. The van der Waals surface area contributed by atoms with Gasteiger partial charge in [0.2, 0.25) is 0 Å². The van der Waals surface area contributed by atoms with E-state index in [1.54, 1.807) is 0 Å². The van der Waals surface area contributed by atoms with Gasteiger partial charge in [-0.2, -0.15) is 5.10 Å². The van der Waals surface area contributed by atoms with Crippen molar-refractivity contribution in [2.45, 2.75) is 25.9 Å². The Balaban J connectivity index is 2.28. The molecule has 0 saturated carbocycles. The van der Waals surface area contributed by atoms with Crippen LogP contribution >= 0.6 is 11.6 Å². The number of hydrogen-bond acceptors (Lipinski definition) is 3. The fourth-order valence-corrected chi connectivity index (χ4v) is 2.83. The molecule has 1 aromatic carbocycles. The second-order valence-corrected chi connectivity index (χ2v) is 5.89. The number of aryl methyl sites for hydroxylation is 1. The number of hydrogen-bond donors (Lipinski definition) is 1. The molecule has 0 fully saturated rings. The molecule has 1 aromatic heterocycles. The highest BCUT2D eigenvalue weighted by atomic mass is 35.5. The van der Waals surface area contributed by atoms with Gasteiger partial charge in [-0.1, -0.05) is 23.7 Å². The number of benzene rings is 1. The van der Waals surface area contributed by atoms with Crippen molar-refractivity contribution < 1.29 is 0 Å². The Bertz CT molecular complexity index is 608. The van der Waals surface area contributed by atoms with E-state index in [-0.39, 0.29) is 12.1 Å². The number of likely N-dealkylation sites (N-methyl/N-ethyl adjacent to an activating group) is 1. The molecule has 0 bridgehead atoms. The van der Waals surface area contributed by atoms with Crippen LogP contribution in [-0.2, 0) is 7.05 Å². The van der Waals surface area contributed by atoms with Crippen LogP contribution in [0.2, 0.25) is 5.02 Å². The van der Waals surface area contributed by atoms with Crippen LogP contribution in [0.25, 0.3) is 0 Å². The fourth-order valence-electron chi connectivity index (χ4n) is 2.63. The first-order chi connectivity index (χ1) is 9.95. The minimum Gasteiger partial charge on any atom is -0.329 e. The van der Waals surface area contributed by atoms with Gasteiger partial charge in [0.1, 0.15) is 0 Å². The van der Waals surface area contributed by atoms with Gasteiger partial charge in [-0.3, -0.25) is 9.58 Å². The van der Waals surface area contributed by atoms with Gasteiger partial charge in [-0.15, -0.1) is 0 Å². The van der Waals surface area contributed by atoms with Gasteiger partial charge in [0.25, 0.3) is 0 Å². The molecule has 2 unspecified atom stereocenters. The normalized spacial score (nSPS) is 14.4. The zero-order valence-electron chi connectivity index (χ0n) is 13.0. The highest BCUT2D eigenvalue weighted by molar-refractivity contribution is 6.30. The smallest absolute Gasteiger partial charge is 0.0540 e. The predicted molar refractivity (Wildman–Crippen MR) is 87.4 cm³/mol. The number of nitrogens with zero attached hydrogens (tertiary/aromatic N) is 3. The average molecular weight is 307 g/mol. The van der Waals surface area contributed by atoms with Gasteiger partial charge >= 0.3 is 0 Å². The van der Waals surface area contributed by atoms with Gasteiger partial charge < -0.3 is 5.73 Å². The van der Waals surface area contributed by atoms with Crippen LogP contribution < -0.4 is 5.73 Å². The van der Waals surface area contributed by atoms with Crippen molar-refractivity contribution in [3.63, 3.8) is 0 Å². The van der Waals surface area contributed by atoms with Crippen molar-refractivity contribution in [2.24, 2.45) is 12.8 Å². The first-order valence-electron chi connectivity index (χ1n) is 7.11. The van der Waals surface area contributed by atoms with Gasteiger partial charge in [0.15, 0.2) is 0 Å². The maximum absolute atomic E-state index is 6.10. The summed E-state index contributed by atoms with van der Waals surface area (Å²) in [6.45, 7) is 4.79. The van der Waals surface area contributed by atoms with Gasteiger partial charge in [-0.25, -0.2) is 0 Å². The van der Waals surface area contributed by atoms with Crippen LogP contribution in [0, 0.1) is 6.92 Å². The van der Waals surface area contributed by atoms with Crippen LogP contribution in [0.1, 0.15) is 35.8 Å². The third-order valence-corrected chi connectivity index (χ3v) is 4.52. The number of halogens is 1. The van der Waals surface area contributed by atoms with E-state index in [4.69, 9.17) is 17.3 Å². The quantitative estimate of drug-likeness (QED) is 0.923. The van der Waals surface area contributed by atoms with E-state index in [0.717, 1.165) is 10.7 Å². The molecule has 2 atom stereocenters. The highest BCUT2D eigenvalue weighted by Gasteiger charge is 2.24. The zero-order chi connectivity index (χ0) is 15.6. The molecular weight excluding hydrogens is 284 g/mol. The Morgan fingerprint density at radius 2 is 2.14 bits per heavy atom. The molecule has 114 valence electrons. The molecule has 2 rings (SSSR count). The average Bonchev–Trinajstić information content (AvgIpc) is 2.79. The largest absolute Gasteiger partial charge is 0.329 e. The summed E-state index contributed by atoms with van der Waals surface area (Å²) in [6, 6.07) is 8.32. The molecule has 2 aromatic rings. The van der Waals surface area contributed by atoms with Crippen LogP contribution in [0.5, 0.6) is 0 Å². The van der Waals surface area contributed by atoms with Gasteiger partial charge in [-0.05, 0) is 38.6 Å². The van der Waals surface area contributed by atoms with Crippen LogP contribution in [0.4, 0.5) is 0 Å². The lowest BCUT2D eigenvalue weighted by atomic mass is 10.0. The van der Waals surface area contributed by atoms with Crippen molar-refractivity contribution >= 4 is 11.6 Å². The summed E-state index contributed by atoms with van der Waals surface area (Å²) >= 11 is 6.10. The van der Waals surface area contributed by atoms with E-state index in [0.29, 0.717) is 6.54 Å². The third kappa shape index (κ3) is 3.28. The molecule has 0 amide bonds. The van der Waals surface area contributed by atoms with E-state index >= 15 is 0 Å². The Morgan fingerprint density at radius 3 is 2.67 bits per heavy atom. The Morgan fingerprint density at radius 1 is 1.43 bits per heavy atom. The van der Waals surface area contributed by atoms with E-state index in [9.17, 15) is 0 Å². The molecule has 0 radical (unpaired) electrons. The molecule has 0 spiro atoms. The molecule has 0 aliphatic carbocycles. The van der Waals surface area contributed by atoms with Crippen molar-refractivity contribution in [3.8, 4) is 0 Å². The fraction of sp³-hybridized carbons (Fsp3) is 0.438. The summed E-state index contributed by atoms with van der Waals surface area (Å²) in [7, 11) is 4.04. The summed E-state index contributed by atoms with van der Waals surface area (Å²) in [4.78, 5) is 2.27. The van der Waals surface area contributed by atoms with Crippen LogP contribution in [-0.4, -0.2) is 28.3 Å². The molecule has 0 aliphatic heterocycles. The van der Waals surface area contributed by atoms with Crippen LogP contribution in [0.15, 0.2) is 30.5 Å². The molecule has 2 N–H and O–H groups in total. The maximum atomic E-state index is 6.10. The number of rotatable bonds is 5. The molecule has 5 heteroatoms. The van der Waals surface area contributed by atoms with E-state index in [1.807, 2.05) is 36.1 Å². The van der Waals surface area contributed by atoms with Gasteiger partial charge in [0, 0.05) is 35.9 Å². The summed E-state index contributed by atoms with van der Waals surface area (Å²) in [5, 5.41) is 5.09. The molecule has 4 nitrogen and oxygen atoms in total. The van der Waals surface area contributed by atoms with Crippen molar-refractivity contribution in [1.29, 1.82) is 0 Å². The monoisotopic (exact) mass is 306 g/mol. The molecule has 1 heterocycles. The topological polar surface area (TPSA) is 47.1 Å². The lowest BCUT2D eigenvalue weighted by Crippen LogP contribution is -2.33. The Labute approximate surface area is 131 Å². The van der Waals surface area contributed by atoms with Crippen molar-refractivity contribution in [2.75, 3.05) is 13.6 Å². The summed E-state index contributed by atoms with van der Waals surface area (Å²) in [5.41, 5.74) is 9.54. The molecule has 0 saturated heterocycles. The van der Waals surface area contributed by atoms with Crippen molar-refractivity contribution in [1.82, 2.24) is 14.7 Å². The molecule has 21 heavy (non-hydrogen) atoms. The third-order valence-electron chi connectivity index (χ3n) is 4.29. The van der Waals surface area contributed by atoms with E-state index < -0.39 is 0 Å². The summed E-state index contributed by atoms with van der Waals surface area (Å²) in [5.74, 6) is 0. The number of aromatic nitrogens is 2. The second kappa shape index (κ2) is 6.60. The predicted octanol–water partition coefficient (Wildman–Crippen LogP) is 3.07. The molecular formula is C16H23ClN4. The number of nitrogens with two attached hydrogens (primary N) is 1. The lowest BCUT2D eigenvalue weighted by Gasteiger charge is -2.32. The van der Waals surface area contributed by atoms with Gasteiger partial charge in [0.05, 0.1) is 12.2 Å². The second-order valence-electron chi connectivity index (χ2n) is 5.46. The summed E-state index contributed by atoms with van der Waals surface area (Å²) in [6.07, 6.45) is 1.91. The minimum absolute atomic E-state index is 0.132. The maximum Gasteiger partial charge on any atom is 0.0540 e. The van der Waals surface area contributed by atoms with E-state index in [1.165, 1.54) is 11.1 Å². The highest BCUT2D eigenvalue weighted by Crippen LogP contribution is 2.30. The SMILES string of the molecule is Cc1c(C(CN)N(C)C(C)c2cccc(Cl)c2)cnn1C. The lowest BCUT2D eigenvalue weighted by molar-refractivity contribution is 0.189. The minimum atomic E-state index is 0.132. The zero-order valence-corrected chi connectivity index (χ0v) is 13.8.